The molecule has 0 aliphatic heterocycles. The highest BCUT2D eigenvalue weighted by Gasteiger charge is 2.24. The van der Waals surface area contributed by atoms with Gasteiger partial charge >= 0.3 is 5.97 Å². The summed E-state index contributed by atoms with van der Waals surface area (Å²) in [6.45, 7) is 5.45. The Labute approximate surface area is 86.2 Å². The lowest BCUT2D eigenvalue weighted by molar-refractivity contribution is -0.147. The SMILES string of the molecule is CC=O.COC(=O)C(C(C)C)N(C)C. The minimum absolute atomic E-state index is 0.125. The Balaban J connectivity index is 0. The average Bonchev–Trinajstić information content (AvgIpc) is 2.04. The molecule has 84 valence electrons. The molecule has 0 aliphatic carbocycles. The third kappa shape index (κ3) is 6.60. The van der Waals surface area contributed by atoms with Crippen LogP contribution in [0.15, 0.2) is 0 Å². The van der Waals surface area contributed by atoms with Gasteiger partial charge in [0.05, 0.1) is 7.11 Å². The molecule has 0 saturated carbocycles. The number of hydrogen-bond acceptors (Lipinski definition) is 4. The van der Waals surface area contributed by atoms with Crippen molar-refractivity contribution in [3.05, 3.63) is 0 Å². The lowest BCUT2D eigenvalue weighted by Crippen LogP contribution is -2.40. The van der Waals surface area contributed by atoms with Crippen LogP contribution < -0.4 is 0 Å². The lowest BCUT2D eigenvalue weighted by Gasteiger charge is -2.24. The van der Waals surface area contributed by atoms with Gasteiger partial charge in [-0.15, -0.1) is 0 Å². The van der Waals surface area contributed by atoms with Crippen LogP contribution in [0.3, 0.4) is 0 Å². The molecule has 14 heavy (non-hydrogen) atoms. The molecule has 1 atom stereocenters. The van der Waals surface area contributed by atoms with E-state index in [-0.39, 0.29) is 17.9 Å². The number of carbonyl (C=O) groups is 2. The lowest BCUT2D eigenvalue weighted by atomic mass is 10.0. The maximum atomic E-state index is 11.1. The molecule has 1 unspecified atom stereocenters. The van der Waals surface area contributed by atoms with Gasteiger partial charge in [-0.05, 0) is 26.9 Å². The van der Waals surface area contributed by atoms with Crippen molar-refractivity contribution in [1.29, 1.82) is 0 Å². The second-order valence-corrected chi connectivity index (χ2v) is 3.41. The normalized spacial score (nSPS) is 11.7. The third-order valence-corrected chi connectivity index (χ3v) is 1.63. The number of methoxy groups -OCH3 is 1. The van der Waals surface area contributed by atoms with Crippen LogP contribution in [0.1, 0.15) is 20.8 Å². The summed E-state index contributed by atoms with van der Waals surface area (Å²) in [7, 11) is 5.17. The van der Waals surface area contributed by atoms with Crippen LogP contribution in [-0.2, 0) is 14.3 Å². The standard InChI is InChI=1S/C8H17NO2.C2H4O/c1-6(2)7(9(3)4)8(10)11-5;1-2-3/h6-7H,1-5H3;2H,1H3. The number of carbonyl (C=O) groups excluding carboxylic acids is 2. The van der Waals surface area contributed by atoms with Crippen molar-refractivity contribution in [3.63, 3.8) is 0 Å². The first kappa shape index (κ1) is 15.6. The number of ether oxygens (including phenoxy) is 1. The van der Waals surface area contributed by atoms with Gasteiger partial charge in [0.25, 0.3) is 0 Å². The molecule has 4 heteroatoms. The summed E-state index contributed by atoms with van der Waals surface area (Å²) in [6.07, 6.45) is 0.750. The summed E-state index contributed by atoms with van der Waals surface area (Å²) in [5.74, 6) is 0.127. The van der Waals surface area contributed by atoms with Gasteiger partial charge in [-0.3, -0.25) is 9.69 Å². The molecule has 0 amide bonds. The van der Waals surface area contributed by atoms with Gasteiger partial charge in [-0.1, -0.05) is 13.8 Å². The van der Waals surface area contributed by atoms with Crippen LogP contribution in [0, 0.1) is 5.92 Å². The average molecular weight is 203 g/mol. The van der Waals surface area contributed by atoms with E-state index in [0.29, 0.717) is 0 Å². The zero-order valence-electron chi connectivity index (χ0n) is 9.90. The highest BCUT2D eigenvalue weighted by molar-refractivity contribution is 5.75. The molecule has 0 aromatic heterocycles. The topological polar surface area (TPSA) is 46.6 Å². The van der Waals surface area contributed by atoms with E-state index in [0.717, 1.165) is 6.29 Å². The molecule has 0 radical (unpaired) electrons. The van der Waals surface area contributed by atoms with Crippen molar-refractivity contribution in [2.24, 2.45) is 5.92 Å². The van der Waals surface area contributed by atoms with Crippen LogP contribution in [0.25, 0.3) is 0 Å². The van der Waals surface area contributed by atoms with Crippen LogP contribution in [-0.4, -0.2) is 44.4 Å². The fourth-order valence-corrected chi connectivity index (χ4v) is 1.20. The first-order valence-electron chi connectivity index (χ1n) is 4.56. The van der Waals surface area contributed by atoms with Gasteiger partial charge in [-0.25, -0.2) is 0 Å². The predicted octanol–water partition coefficient (Wildman–Crippen LogP) is 0.951. The summed E-state index contributed by atoms with van der Waals surface area (Å²) in [4.78, 5) is 21.8. The quantitative estimate of drug-likeness (QED) is 0.506. The molecule has 0 heterocycles. The van der Waals surface area contributed by atoms with Crippen LogP contribution in [0.4, 0.5) is 0 Å². The molecule has 0 aliphatic rings. The highest BCUT2D eigenvalue weighted by atomic mass is 16.5. The van der Waals surface area contributed by atoms with Gasteiger partial charge in [0.15, 0.2) is 0 Å². The highest BCUT2D eigenvalue weighted by Crippen LogP contribution is 2.08. The van der Waals surface area contributed by atoms with Gasteiger partial charge in [-0.2, -0.15) is 0 Å². The summed E-state index contributed by atoms with van der Waals surface area (Å²) in [5.41, 5.74) is 0. The van der Waals surface area contributed by atoms with Gasteiger partial charge in [0.2, 0.25) is 0 Å². The van der Waals surface area contributed by atoms with E-state index < -0.39 is 0 Å². The van der Waals surface area contributed by atoms with Crippen molar-refractivity contribution in [3.8, 4) is 0 Å². The Hall–Kier alpha value is -0.900. The van der Waals surface area contributed by atoms with Crippen molar-refractivity contribution < 1.29 is 14.3 Å². The van der Waals surface area contributed by atoms with Gasteiger partial charge in [0.1, 0.15) is 12.3 Å². The second-order valence-electron chi connectivity index (χ2n) is 3.41. The molecule has 0 rings (SSSR count). The van der Waals surface area contributed by atoms with E-state index in [1.807, 2.05) is 32.8 Å². The van der Waals surface area contributed by atoms with Crippen molar-refractivity contribution in [2.75, 3.05) is 21.2 Å². The van der Waals surface area contributed by atoms with Crippen molar-refractivity contribution in [2.45, 2.75) is 26.8 Å². The summed E-state index contributed by atoms with van der Waals surface area (Å²) < 4.78 is 4.65. The predicted molar refractivity (Wildman–Crippen MR) is 56.1 cm³/mol. The first-order valence-corrected chi connectivity index (χ1v) is 4.56. The molecule has 0 aromatic carbocycles. The maximum absolute atomic E-state index is 11.1. The van der Waals surface area contributed by atoms with E-state index in [1.54, 1.807) is 0 Å². The van der Waals surface area contributed by atoms with E-state index in [2.05, 4.69) is 4.74 Å². The largest absolute Gasteiger partial charge is 0.468 e. The fourth-order valence-electron chi connectivity index (χ4n) is 1.20. The maximum Gasteiger partial charge on any atom is 0.323 e. The molecule has 0 saturated heterocycles. The molecule has 0 bridgehead atoms. The number of likely N-dealkylation sites (N-methyl/N-ethyl adjacent to an activating group) is 1. The number of aldehydes is 1. The third-order valence-electron chi connectivity index (χ3n) is 1.63. The Morgan fingerprint density at radius 2 is 1.71 bits per heavy atom. The monoisotopic (exact) mass is 203 g/mol. The van der Waals surface area contributed by atoms with Crippen LogP contribution >= 0.6 is 0 Å². The zero-order chi connectivity index (χ0) is 11.7. The van der Waals surface area contributed by atoms with Crippen molar-refractivity contribution in [1.82, 2.24) is 4.90 Å². The summed E-state index contributed by atoms with van der Waals surface area (Å²) in [6, 6.07) is -0.125. The molecule has 0 spiro atoms. The Morgan fingerprint density at radius 1 is 1.36 bits per heavy atom. The minimum Gasteiger partial charge on any atom is -0.468 e. The molecule has 0 aromatic rings. The number of nitrogens with zero attached hydrogens (tertiary/aromatic N) is 1. The van der Waals surface area contributed by atoms with Crippen molar-refractivity contribution >= 4 is 12.3 Å². The Kier molecular flexibility index (Phi) is 9.66. The van der Waals surface area contributed by atoms with Gasteiger partial charge in [0, 0.05) is 0 Å². The van der Waals surface area contributed by atoms with E-state index in [9.17, 15) is 4.79 Å². The van der Waals surface area contributed by atoms with Crippen LogP contribution in [0.2, 0.25) is 0 Å². The number of esters is 1. The smallest absolute Gasteiger partial charge is 0.323 e. The minimum atomic E-state index is -0.162. The number of hydrogen-bond donors (Lipinski definition) is 0. The van der Waals surface area contributed by atoms with Crippen LogP contribution in [0.5, 0.6) is 0 Å². The van der Waals surface area contributed by atoms with E-state index >= 15 is 0 Å². The fraction of sp³-hybridized carbons (Fsp3) is 0.800. The molecular formula is C10H21NO3. The molecular weight excluding hydrogens is 182 g/mol. The first-order chi connectivity index (χ1) is 6.42. The zero-order valence-corrected chi connectivity index (χ0v) is 9.90. The second kappa shape index (κ2) is 8.69. The Bertz CT molecular complexity index is 159. The summed E-state index contributed by atoms with van der Waals surface area (Å²) in [5, 5.41) is 0. The molecule has 0 N–H and O–H groups in total. The van der Waals surface area contributed by atoms with Gasteiger partial charge < -0.3 is 9.53 Å². The molecule has 0 fully saturated rings. The van der Waals surface area contributed by atoms with E-state index in [4.69, 9.17) is 4.79 Å². The number of rotatable bonds is 3. The summed E-state index contributed by atoms with van der Waals surface area (Å²) >= 11 is 0. The Morgan fingerprint density at radius 3 is 1.79 bits per heavy atom. The molecule has 4 nitrogen and oxygen atoms in total. The van der Waals surface area contributed by atoms with E-state index in [1.165, 1.54) is 14.0 Å².